The summed E-state index contributed by atoms with van der Waals surface area (Å²) in [5.41, 5.74) is 1.54. The van der Waals surface area contributed by atoms with Gasteiger partial charge in [0.1, 0.15) is 12.1 Å². The van der Waals surface area contributed by atoms with Crippen molar-refractivity contribution in [3.05, 3.63) is 35.9 Å². The second kappa shape index (κ2) is 7.86. The number of hydrogen-bond acceptors (Lipinski definition) is 7. The van der Waals surface area contributed by atoms with Crippen LogP contribution in [0, 0.1) is 5.92 Å². The van der Waals surface area contributed by atoms with E-state index >= 15 is 0 Å². The topological polar surface area (TPSA) is 85.0 Å². The summed E-state index contributed by atoms with van der Waals surface area (Å²) >= 11 is 0. The number of rotatable bonds is 4. The summed E-state index contributed by atoms with van der Waals surface area (Å²) in [7, 11) is 3.09. The lowest BCUT2D eigenvalue weighted by Gasteiger charge is -2.29. The van der Waals surface area contributed by atoms with Crippen molar-refractivity contribution >= 4 is 17.5 Å². The van der Waals surface area contributed by atoms with Gasteiger partial charge >= 0.3 is 0 Å². The molecule has 0 amide bonds. The number of aliphatic hydroxyl groups excluding tert-OH is 1. The van der Waals surface area contributed by atoms with Crippen LogP contribution in [0.25, 0.3) is 0 Å². The molecule has 0 spiro atoms. The molecule has 7 nitrogen and oxygen atoms in total. The fourth-order valence-electron chi connectivity index (χ4n) is 3.12. The Hall–Kier alpha value is -2.41. The molecule has 0 aliphatic carbocycles. The zero-order chi connectivity index (χ0) is 18.7. The molecule has 0 unspecified atom stereocenters. The fraction of sp³-hybridized carbons (Fsp3) is 0.526. The van der Waals surface area contributed by atoms with E-state index in [1.54, 1.807) is 7.11 Å². The molecule has 0 radical (unpaired) electrons. The van der Waals surface area contributed by atoms with Crippen molar-refractivity contribution in [3.8, 4) is 0 Å². The van der Waals surface area contributed by atoms with Gasteiger partial charge in [0.05, 0.1) is 19.9 Å². The van der Waals surface area contributed by atoms with E-state index in [1.165, 1.54) is 7.11 Å². The van der Waals surface area contributed by atoms with Crippen molar-refractivity contribution in [1.29, 1.82) is 0 Å². The van der Waals surface area contributed by atoms with Crippen molar-refractivity contribution in [2.75, 3.05) is 14.2 Å². The second-order valence-corrected chi connectivity index (χ2v) is 6.71. The number of benzene rings is 1. The van der Waals surface area contributed by atoms with Crippen LogP contribution in [0.3, 0.4) is 0 Å². The molecular weight excluding hydrogens is 334 g/mol. The maximum atomic E-state index is 10.8. The minimum Gasteiger partial charge on any atom is -0.483 e. The van der Waals surface area contributed by atoms with Crippen LogP contribution in [0.2, 0.25) is 0 Å². The molecule has 26 heavy (non-hydrogen) atoms. The SMILES string of the molecule is COC1=N[C@H](C(C)C)C(OC)=N[C@H]1[C@@H](O)C1=NO[C@@H](c2ccccc2)C1. The molecule has 0 saturated heterocycles. The Morgan fingerprint density at radius 2 is 1.65 bits per heavy atom. The third-order valence-electron chi connectivity index (χ3n) is 4.59. The van der Waals surface area contributed by atoms with Crippen LogP contribution >= 0.6 is 0 Å². The molecule has 0 fully saturated rings. The number of ether oxygens (including phenoxy) is 2. The normalized spacial score (nSPS) is 26.5. The van der Waals surface area contributed by atoms with Gasteiger partial charge in [0.2, 0.25) is 11.8 Å². The van der Waals surface area contributed by atoms with Gasteiger partial charge in [-0.25, -0.2) is 9.98 Å². The van der Waals surface area contributed by atoms with E-state index in [-0.39, 0.29) is 18.1 Å². The first-order valence-corrected chi connectivity index (χ1v) is 8.74. The molecule has 4 atom stereocenters. The standard InChI is InChI=1S/C19H25N3O4/c1-11(2)15-18(24-3)21-16(19(20-15)25-4)17(23)13-10-14(26-22-13)12-8-6-5-7-9-12/h5-9,11,14-17,23H,10H2,1-4H3/t14-,15-,16+,17+/m1/s1. The van der Waals surface area contributed by atoms with Gasteiger partial charge in [-0.3, -0.25) is 0 Å². The lowest BCUT2D eigenvalue weighted by molar-refractivity contribution is 0.0855. The zero-order valence-corrected chi connectivity index (χ0v) is 15.5. The van der Waals surface area contributed by atoms with Gasteiger partial charge in [-0.15, -0.1) is 0 Å². The predicted molar refractivity (Wildman–Crippen MR) is 99.6 cm³/mol. The molecule has 2 aliphatic heterocycles. The van der Waals surface area contributed by atoms with Crippen LogP contribution in [0.1, 0.15) is 31.9 Å². The molecule has 0 bridgehead atoms. The predicted octanol–water partition coefficient (Wildman–Crippen LogP) is 2.36. The summed E-state index contributed by atoms with van der Waals surface area (Å²) < 4.78 is 10.8. The summed E-state index contributed by atoms with van der Waals surface area (Å²) in [4.78, 5) is 14.6. The quantitative estimate of drug-likeness (QED) is 0.894. The van der Waals surface area contributed by atoms with Gasteiger partial charge < -0.3 is 19.4 Å². The summed E-state index contributed by atoms with van der Waals surface area (Å²) in [5.74, 6) is 1.07. The number of aliphatic hydroxyl groups is 1. The molecule has 1 aromatic rings. The monoisotopic (exact) mass is 359 g/mol. The first-order chi connectivity index (χ1) is 12.5. The van der Waals surface area contributed by atoms with E-state index < -0.39 is 12.1 Å². The van der Waals surface area contributed by atoms with Crippen LogP contribution in [-0.4, -0.2) is 55.0 Å². The van der Waals surface area contributed by atoms with Crippen molar-refractivity contribution in [1.82, 2.24) is 0 Å². The number of nitrogens with zero attached hydrogens (tertiary/aromatic N) is 3. The third kappa shape index (κ3) is 3.58. The van der Waals surface area contributed by atoms with E-state index in [1.807, 2.05) is 44.2 Å². The van der Waals surface area contributed by atoms with E-state index in [0.29, 0.717) is 23.9 Å². The van der Waals surface area contributed by atoms with Crippen LogP contribution in [-0.2, 0) is 14.3 Å². The van der Waals surface area contributed by atoms with E-state index in [2.05, 4.69) is 15.1 Å². The van der Waals surface area contributed by atoms with Crippen molar-refractivity contribution < 1.29 is 19.4 Å². The Morgan fingerprint density at radius 1 is 1.04 bits per heavy atom. The Bertz CT molecular complexity index is 715. The van der Waals surface area contributed by atoms with Crippen LogP contribution < -0.4 is 0 Å². The van der Waals surface area contributed by atoms with Crippen LogP contribution in [0.4, 0.5) is 0 Å². The molecular formula is C19H25N3O4. The highest BCUT2D eigenvalue weighted by molar-refractivity contribution is 6.00. The minimum absolute atomic E-state index is 0.201. The van der Waals surface area contributed by atoms with E-state index in [4.69, 9.17) is 14.3 Å². The fourth-order valence-corrected chi connectivity index (χ4v) is 3.12. The van der Waals surface area contributed by atoms with E-state index in [9.17, 15) is 5.11 Å². The van der Waals surface area contributed by atoms with E-state index in [0.717, 1.165) is 5.56 Å². The summed E-state index contributed by atoms with van der Waals surface area (Å²) in [5, 5.41) is 14.9. The summed E-state index contributed by atoms with van der Waals surface area (Å²) in [6.45, 7) is 4.07. The number of methoxy groups -OCH3 is 2. The van der Waals surface area contributed by atoms with Gasteiger partial charge in [0.25, 0.3) is 0 Å². The Balaban J connectivity index is 1.77. The molecule has 0 aromatic heterocycles. The highest BCUT2D eigenvalue weighted by atomic mass is 16.6. The summed E-state index contributed by atoms with van der Waals surface area (Å²) in [6, 6.07) is 8.89. The highest BCUT2D eigenvalue weighted by Crippen LogP contribution is 2.30. The lowest BCUT2D eigenvalue weighted by Crippen LogP contribution is -2.45. The maximum Gasteiger partial charge on any atom is 0.212 e. The first kappa shape index (κ1) is 18.4. The number of aliphatic imine (C=N–C) groups is 2. The van der Waals surface area contributed by atoms with Crippen LogP contribution in [0.5, 0.6) is 0 Å². The van der Waals surface area contributed by atoms with Crippen molar-refractivity contribution in [2.24, 2.45) is 21.1 Å². The number of hydrogen-bond donors (Lipinski definition) is 1. The highest BCUT2D eigenvalue weighted by Gasteiger charge is 2.39. The Labute approximate surface area is 153 Å². The molecule has 2 aliphatic rings. The van der Waals surface area contributed by atoms with Crippen molar-refractivity contribution in [2.45, 2.75) is 44.6 Å². The van der Waals surface area contributed by atoms with Crippen molar-refractivity contribution in [3.63, 3.8) is 0 Å². The second-order valence-electron chi connectivity index (χ2n) is 6.71. The van der Waals surface area contributed by atoms with Gasteiger partial charge in [0, 0.05) is 6.42 Å². The molecule has 3 rings (SSSR count). The number of oxime groups is 1. The smallest absolute Gasteiger partial charge is 0.212 e. The zero-order valence-electron chi connectivity index (χ0n) is 15.5. The summed E-state index contributed by atoms with van der Waals surface area (Å²) in [6.07, 6.45) is -0.702. The Morgan fingerprint density at radius 3 is 2.27 bits per heavy atom. The van der Waals surface area contributed by atoms with Gasteiger partial charge in [-0.2, -0.15) is 0 Å². The molecule has 140 valence electrons. The van der Waals surface area contributed by atoms with Gasteiger partial charge in [0.15, 0.2) is 12.1 Å². The molecule has 2 heterocycles. The molecule has 1 aromatic carbocycles. The average Bonchev–Trinajstić information content (AvgIpc) is 3.17. The van der Waals surface area contributed by atoms with Gasteiger partial charge in [-0.05, 0) is 11.5 Å². The minimum atomic E-state index is -0.985. The molecule has 0 saturated carbocycles. The largest absolute Gasteiger partial charge is 0.483 e. The molecule has 1 N–H and O–H groups in total. The lowest BCUT2D eigenvalue weighted by atomic mass is 9.96. The Kier molecular flexibility index (Phi) is 5.56. The maximum absolute atomic E-state index is 10.8. The first-order valence-electron chi connectivity index (χ1n) is 8.74. The van der Waals surface area contributed by atoms with Gasteiger partial charge in [-0.1, -0.05) is 49.3 Å². The molecule has 7 heteroatoms. The third-order valence-corrected chi connectivity index (χ3v) is 4.59. The van der Waals surface area contributed by atoms with Crippen LogP contribution in [0.15, 0.2) is 45.5 Å². The average molecular weight is 359 g/mol.